The minimum Gasteiger partial charge on any atom is -0.492 e. The molecule has 5 N–H and O–H groups in total. The number of aliphatic hydroxyl groups excluding tert-OH is 4. The van der Waals surface area contributed by atoms with Crippen molar-refractivity contribution in [3.63, 3.8) is 0 Å². The molecule has 0 spiro atoms. The second kappa shape index (κ2) is 12.1. The Kier molecular flexibility index (Phi) is 7.80. The maximum atomic E-state index is 13.0. The zero-order chi connectivity index (χ0) is 30.9. The second-order valence-corrected chi connectivity index (χ2v) is 9.98. The summed E-state index contributed by atoms with van der Waals surface area (Å²) in [6.07, 6.45) is -5.44. The Bertz CT molecular complexity index is 1390. The number of aliphatic hydroxyl groups is 4. The molecule has 0 saturated carbocycles. The molecular weight excluding hydrogens is 530 g/mol. The first-order chi connectivity index (χ1) is 19.9. The fourth-order valence-corrected chi connectivity index (χ4v) is 5.46. The highest BCUT2D eigenvalue weighted by atomic mass is 32.2. The van der Waals surface area contributed by atoms with Crippen molar-refractivity contribution in [3.8, 4) is 28.4 Å². The van der Waals surface area contributed by atoms with Gasteiger partial charge < -0.3 is 44.7 Å². The monoisotopic (exact) mass is 566 g/mol. The van der Waals surface area contributed by atoms with Crippen LogP contribution in [0.3, 0.4) is 0 Å². The Balaban J connectivity index is 1.89. The number of amides is 1. The van der Waals surface area contributed by atoms with Gasteiger partial charge in [0.25, 0.3) is 0 Å². The number of thioether (sulfide) groups is 1. The number of carbonyl (C=O) groups excluding carboxylic acids is 1. The SMILES string of the molecule is [2H]C([2H])([2H])C(=O)N[C@H]1CCc2cc(O[C@@H]3O[C@H](CO)[C@@H](O)[C@H](O)[C@H]3O)c(OC)c(OC)c2-c2ccc(SC)c(=O)cc21. The highest BCUT2D eigenvalue weighted by Crippen LogP contribution is 2.50. The van der Waals surface area contributed by atoms with Crippen molar-refractivity contribution < 1.29 is 48.3 Å². The fraction of sp³-hybridized carbons (Fsp3) is 0.481. The molecule has 0 aromatic heterocycles. The minimum absolute atomic E-state index is 0.0404. The van der Waals surface area contributed by atoms with Crippen molar-refractivity contribution in [2.45, 2.75) is 61.3 Å². The van der Waals surface area contributed by atoms with Crippen molar-refractivity contribution in [3.05, 3.63) is 45.6 Å². The van der Waals surface area contributed by atoms with E-state index in [-0.39, 0.29) is 35.5 Å². The van der Waals surface area contributed by atoms with Crippen LogP contribution in [0.4, 0.5) is 0 Å². The van der Waals surface area contributed by atoms with E-state index < -0.39 is 56.1 Å². The van der Waals surface area contributed by atoms with E-state index in [1.54, 1.807) is 24.5 Å². The molecule has 1 amide bonds. The molecule has 4 rings (SSSR count). The van der Waals surface area contributed by atoms with Crippen LogP contribution in [0.1, 0.15) is 34.6 Å². The molecule has 1 aliphatic carbocycles. The van der Waals surface area contributed by atoms with Crippen molar-refractivity contribution in [2.75, 3.05) is 27.1 Å². The number of nitrogens with one attached hydrogen (secondary N) is 1. The third kappa shape index (κ3) is 5.58. The molecule has 1 fully saturated rings. The normalized spacial score (nSPS) is 27.5. The van der Waals surface area contributed by atoms with Crippen LogP contribution in [0, 0.1) is 0 Å². The zero-order valence-corrected chi connectivity index (χ0v) is 22.4. The van der Waals surface area contributed by atoms with Crippen molar-refractivity contribution in [1.82, 2.24) is 5.32 Å². The first-order valence-corrected chi connectivity index (χ1v) is 13.4. The van der Waals surface area contributed by atoms with Gasteiger partial charge in [-0.3, -0.25) is 9.59 Å². The second-order valence-electron chi connectivity index (χ2n) is 9.13. The van der Waals surface area contributed by atoms with Crippen LogP contribution < -0.4 is 25.0 Å². The first-order valence-electron chi connectivity index (χ1n) is 13.6. The van der Waals surface area contributed by atoms with E-state index in [9.17, 15) is 30.0 Å². The third-order valence-corrected chi connectivity index (χ3v) is 7.67. The van der Waals surface area contributed by atoms with E-state index in [1.165, 1.54) is 32.0 Å². The highest BCUT2D eigenvalue weighted by molar-refractivity contribution is 7.98. The summed E-state index contributed by atoms with van der Waals surface area (Å²) in [6.45, 7) is -3.55. The molecular formula is C27H33NO10S. The molecule has 1 aliphatic heterocycles. The molecule has 11 nitrogen and oxygen atoms in total. The van der Waals surface area contributed by atoms with Gasteiger partial charge in [0.1, 0.15) is 24.4 Å². The van der Waals surface area contributed by atoms with Crippen LogP contribution in [0.2, 0.25) is 0 Å². The molecule has 1 saturated heterocycles. The lowest BCUT2D eigenvalue weighted by Crippen LogP contribution is -2.60. The maximum absolute atomic E-state index is 13.0. The van der Waals surface area contributed by atoms with E-state index in [1.807, 2.05) is 0 Å². The van der Waals surface area contributed by atoms with Crippen LogP contribution >= 0.6 is 11.8 Å². The summed E-state index contributed by atoms with van der Waals surface area (Å²) in [6, 6.07) is 5.46. The van der Waals surface area contributed by atoms with Crippen LogP contribution in [0.15, 0.2) is 34.0 Å². The predicted molar refractivity (Wildman–Crippen MR) is 142 cm³/mol. The Morgan fingerprint density at radius 2 is 1.90 bits per heavy atom. The summed E-state index contributed by atoms with van der Waals surface area (Å²) >= 11 is 1.24. The summed E-state index contributed by atoms with van der Waals surface area (Å²) in [5.41, 5.74) is 1.70. The average Bonchev–Trinajstić information content (AvgIpc) is 3.20. The number of rotatable bonds is 7. The highest BCUT2D eigenvalue weighted by Gasteiger charge is 2.45. The summed E-state index contributed by atoms with van der Waals surface area (Å²) < 4.78 is 45.4. The number of ether oxygens (including phenoxy) is 4. The molecule has 12 heteroatoms. The van der Waals surface area contributed by atoms with Gasteiger partial charge in [0, 0.05) is 16.5 Å². The van der Waals surface area contributed by atoms with Gasteiger partial charge in [-0.05, 0) is 54.0 Å². The van der Waals surface area contributed by atoms with E-state index in [0.29, 0.717) is 27.1 Å². The third-order valence-electron chi connectivity index (χ3n) is 6.90. The topological polar surface area (TPSA) is 164 Å². The Hall–Kier alpha value is -2.87. The Morgan fingerprint density at radius 1 is 1.15 bits per heavy atom. The van der Waals surface area contributed by atoms with Crippen molar-refractivity contribution in [2.24, 2.45) is 0 Å². The standard InChI is InChI=1S/C27H33NO10S/c1-12(30)28-16-7-5-13-9-18(37-27-24(34)23(33)22(32)19(11-29)38-27)25(35-2)26(36-3)21(13)14-6-8-20(39-4)17(31)10-15(14)16/h6,8-10,16,19,22-24,27,29,32-34H,5,7,11H2,1-4H3,(H,28,30)/t16-,19+,22+,23-,24+,27+/m0/s1/i1D3. The Labute approximate surface area is 233 Å². The van der Waals surface area contributed by atoms with Crippen LogP contribution in [0.5, 0.6) is 17.2 Å². The average molecular weight is 567 g/mol. The van der Waals surface area contributed by atoms with Gasteiger partial charge in [-0.25, -0.2) is 0 Å². The minimum atomic E-state index is -2.91. The van der Waals surface area contributed by atoms with Gasteiger partial charge in [-0.15, -0.1) is 11.8 Å². The van der Waals surface area contributed by atoms with Crippen LogP contribution in [0.25, 0.3) is 11.1 Å². The number of hydrogen-bond donors (Lipinski definition) is 5. The largest absolute Gasteiger partial charge is 0.492 e. The van der Waals surface area contributed by atoms with Crippen molar-refractivity contribution >= 4 is 17.7 Å². The molecule has 2 aromatic carbocycles. The van der Waals surface area contributed by atoms with Crippen molar-refractivity contribution in [1.29, 1.82) is 0 Å². The summed E-state index contributed by atoms with van der Waals surface area (Å²) in [5.74, 6) is -0.866. The number of fused-ring (bicyclic) bond motifs is 3. The molecule has 212 valence electrons. The van der Waals surface area contributed by atoms with Gasteiger partial charge >= 0.3 is 0 Å². The predicted octanol–water partition coefficient (Wildman–Crippen LogP) is 0.755. The molecule has 2 aromatic rings. The lowest BCUT2D eigenvalue weighted by Gasteiger charge is -2.39. The van der Waals surface area contributed by atoms with Gasteiger partial charge in [0.05, 0.1) is 31.8 Å². The summed E-state index contributed by atoms with van der Waals surface area (Å²) in [7, 11) is 2.75. The number of hydrogen-bond acceptors (Lipinski definition) is 11. The van der Waals surface area contributed by atoms with E-state index >= 15 is 0 Å². The molecule has 39 heavy (non-hydrogen) atoms. The molecule has 2 aliphatic rings. The van der Waals surface area contributed by atoms with Gasteiger partial charge in [0.15, 0.2) is 16.9 Å². The molecule has 1 heterocycles. The number of methoxy groups -OCH3 is 2. The van der Waals surface area contributed by atoms with Crippen LogP contribution in [-0.2, 0) is 16.0 Å². The fourth-order valence-electron chi connectivity index (χ4n) is 5.00. The maximum Gasteiger partial charge on any atom is 0.229 e. The molecule has 0 bridgehead atoms. The molecule has 6 atom stereocenters. The van der Waals surface area contributed by atoms with Gasteiger partial charge in [-0.1, -0.05) is 6.07 Å². The molecule has 0 unspecified atom stereocenters. The number of aryl methyl sites for hydroxylation is 1. The van der Waals surface area contributed by atoms with Crippen LogP contribution in [-0.4, -0.2) is 84.1 Å². The quantitative estimate of drug-likeness (QED) is 0.301. The lowest BCUT2D eigenvalue weighted by molar-refractivity contribution is -0.277. The van der Waals surface area contributed by atoms with E-state index in [2.05, 4.69) is 5.32 Å². The van der Waals surface area contributed by atoms with E-state index in [0.717, 1.165) is 0 Å². The molecule has 0 radical (unpaired) electrons. The zero-order valence-electron chi connectivity index (χ0n) is 24.5. The summed E-state index contributed by atoms with van der Waals surface area (Å²) in [5, 5.41) is 43.0. The lowest BCUT2D eigenvalue weighted by atomic mass is 9.95. The first kappa shape index (κ1) is 25.1. The number of benzene rings is 1. The van der Waals surface area contributed by atoms with E-state index in [4.69, 9.17) is 23.1 Å². The smallest absolute Gasteiger partial charge is 0.229 e. The Morgan fingerprint density at radius 3 is 2.54 bits per heavy atom. The van der Waals surface area contributed by atoms with Gasteiger partial charge in [0.2, 0.25) is 17.9 Å². The summed E-state index contributed by atoms with van der Waals surface area (Å²) in [4.78, 5) is 26.0. The number of carbonyl (C=O) groups is 1. The van der Waals surface area contributed by atoms with Gasteiger partial charge in [-0.2, -0.15) is 0 Å².